The van der Waals surface area contributed by atoms with E-state index in [0.717, 1.165) is 75.1 Å². The van der Waals surface area contributed by atoms with Gasteiger partial charge in [0.1, 0.15) is 5.75 Å². The molecule has 3 nitrogen and oxygen atoms in total. The molecule has 2 fully saturated rings. The lowest BCUT2D eigenvalue weighted by atomic mass is 9.51. The van der Waals surface area contributed by atoms with Gasteiger partial charge in [0, 0.05) is 12.3 Å². The molecular formula is C38H46F3NO2S. The van der Waals surface area contributed by atoms with E-state index in [4.69, 9.17) is 0 Å². The van der Waals surface area contributed by atoms with Gasteiger partial charge >= 0.3 is 6.18 Å². The topological polar surface area (TPSA) is 43.7 Å². The number of aromatic hydroxyl groups is 1. The number of likely N-dealkylation sites (N-methyl/N-ethyl adjacent to an activating group) is 1. The smallest absolute Gasteiger partial charge is 0.416 e. The summed E-state index contributed by atoms with van der Waals surface area (Å²) in [6, 6.07) is 20.7. The third-order valence-corrected chi connectivity index (χ3v) is 12.3. The van der Waals surface area contributed by atoms with Crippen LogP contribution in [0.4, 0.5) is 13.2 Å². The molecular weight excluding hydrogens is 591 g/mol. The zero-order valence-corrected chi connectivity index (χ0v) is 27.2. The number of thioether (sulfide) groups is 1. The molecule has 3 aromatic rings. The molecule has 2 N–H and O–H groups in total. The third kappa shape index (κ3) is 6.96. The average molecular weight is 638 g/mol. The number of aliphatic hydroxyl groups is 1. The van der Waals surface area contributed by atoms with Gasteiger partial charge in [0.25, 0.3) is 0 Å². The molecule has 6 rings (SSSR count). The van der Waals surface area contributed by atoms with Crippen molar-refractivity contribution >= 4 is 11.8 Å². The van der Waals surface area contributed by atoms with Crippen LogP contribution in [0.1, 0.15) is 84.2 Å². The Balaban J connectivity index is 1.03. The number of halogens is 3. The van der Waals surface area contributed by atoms with Crippen molar-refractivity contribution in [2.45, 2.75) is 81.7 Å². The highest BCUT2D eigenvalue weighted by molar-refractivity contribution is 7.98. The molecule has 0 spiro atoms. The number of hydrogen-bond acceptors (Lipinski definition) is 4. The van der Waals surface area contributed by atoms with Crippen LogP contribution in [0.15, 0.2) is 66.7 Å². The van der Waals surface area contributed by atoms with Crippen LogP contribution < -0.4 is 0 Å². The molecule has 0 aliphatic heterocycles. The molecule has 6 atom stereocenters. The van der Waals surface area contributed by atoms with Gasteiger partial charge in [-0.05, 0) is 145 Å². The highest BCUT2D eigenvalue weighted by atomic mass is 32.2. The molecule has 2 saturated carbocycles. The normalized spacial score (nSPS) is 27.7. The quantitative estimate of drug-likeness (QED) is 0.218. The first-order valence-electron chi connectivity index (χ1n) is 16.5. The molecule has 3 aliphatic carbocycles. The average Bonchev–Trinajstić information content (AvgIpc) is 3.32. The van der Waals surface area contributed by atoms with Crippen molar-refractivity contribution in [3.05, 3.63) is 100 Å². The van der Waals surface area contributed by atoms with E-state index in [9.17, 15) is 23.4 Å². The largest absolute Gasteiger partial charge is 0.508 e. The Morgan fingerprint density at radius 2 is 1.67 bits per heavy atom. The number of benzene rings is 3. The maximum absolute atomic E-state index is 12.8. The van der Waals surface area contributed by atoms with Crippen molar-refractivity contribution < 1.29 is 23.4 Å². The molecule has 0 radical (unpaired) electrons. The number of rotatable bonds is 10. The zero-order chi connectivity index (χ0) is 31.8. The van der Waals surface area contributed by atoms with Gasteiger partial charge in [-0.1, -0.05) is 49.4 Å². The van der Waals surface area contributed by atoms with Crippen molar-refractivity contribution in [3.8, 4) is 5.75 Å². The molecule has 7 heteroatoms. The molecule has 45 heavy (non-hydrogen) atoms. The summed E-state index contributed by atoms with van der Waals surface area (Å²) in [5.41, 5.74) is 5.68. The van der Waals surface area contributed by atoms with Crippen molar-refractivity contribution in [1.82, 2.24) is 4.90 Å². The second-order valence-electron chi connectivity index (χ2n) is 14.0. The van der Waals surface area contributed by atoms with Crippen LogP contribution in [0.3, 0.4) is 0 Å². The van der Waals surface area contributed by atoms with E-state index in [1.807, 2.05) is 12.1 Å². The minimum Gasteiger partial charge on any atom is -0.508 e. The van der Waals surface area contributed by atoms with E-state index in [1.54, 1.807) is 23.9 Å². The van der Waals surface area contributed by atoms with E-state index in [1.165, 1.54) is 34.4 Å². The third-order valence-electron chi connectivity index (χ3n) is 11.2. The second kappa shape index (κ2) is 13.3. The number of fused-ring (bicyclic) bond motifs is 5. The van der Waals surface area contributed by atoms with Gasteiger partial charge in [0.2, 0.25) is 0 Å². The van der Waals surface area contributed by atoms with Crippen LogP contribution in [0.2, 0.25) is 0 Å². The fourth-order valence-corrected chi connectivity index (χ4v) is 9.68. The molecule has 0 aromatic heterocycles. The number of phenols is 1. The summed E-state index contributed by atoms with van der Waals surface area (Å²) >= 11 is 1.77. The van der Waals surface area contributed by atoms with Crippen LogP contribution in [0, 0.1) is 17.3 Å². The summed E-state index contributed by atoms with van der Waals surface area (Å²) in [7, 11) is 2.15. The number of alkyl halides is 3. The van der Waals surface area contributed by atoms with Crippen LogP contribution in [-0.2, 0) is 24.8 Å². The van der Waals surface area contributed by atoms with E-state index in [-0.39, 0.29) is 11.5 Å². The Bertz CT molecular complexity index is 1440. The number of phenolic OH excluding ortho intramolecular Hbond substituents is 1. The minimum absolute atomic E-state index is 0.0440. The first-order chi connectivity index (χ1) is 21.5. The Morgan fingerprint density at radius 1 is 0.933 bits per heavy atom. The van der Waals surface area contributed by atoms with Crippen molar-refractivity contribution in [2.24, 2.45) is 17.3 Å². The summed E-state index contributed by atoms with van der Waals surface area (Å²) in [6.45, 7) is 4.29. The fourth-order valence-electron chi connectivity index (χ4n) is 8.77. The summed E-state index contributed by atoms with van der Waals surface area (Å²) < 4.78 is 38.3. The number of nitrogens with zero attached hydrogens (tertiary/aromatic N) is 1. The summed E-state index contributed by atoms with van der Waals surface area (Å²) in [5, 5.41) is 21.3. The van der Waals surface area contributed by atoms with Gasteiger partial charge in [-0.15, -0.1) is 0 Å². The van der Waals surface area contributed by atoms with Crippen molar-refractivity contribution in [1.29, 1.82) is 0 Å². The van der Waals surface area contributed by atoms with Gasteiger partial charge in [-0.2, -0.15) is 24.9 Å². The second-order valence-corrected chi connectivity index (χ2v) is 15.1. The lowest BCUT2D eigenvalue weighted by Gasteiger charge is -2.54. The van der Waals surface area contributed by atoms with Gasteiger partial charge in [0.05, 0.1) is 11.7 Å². The van der Waals surface area contributed by atoms with E-state index in [0.29, 0.717) is 29.4 Å². The Labute approximate surface area is 270 Å². The van der Waals surface area contributed by atoms with E-state index < -0.39 is 11.7 Å². The van der Waals surface area contributed by atoms with Gasteiger partial charge < -0.3 is 15.1 Å². The SMILES string of the molecule is CN(CCCSCc1ccc(C(F)(F)F)cc1)CCc1ccc([C@H]2CC3(C)C(O)CCC3C3CCc4cc(O)ccc4C32)cc1. The van der Waals surface area contributed by atoms with Gasteiger partial charge in [0.15, 0.2) is 0 Å². The van der Waals surface area contributed by atoms with Gasteiger partial charge in [-0.25, -0.2) is 0 Å². The fraction of sp³-hybridized carbons (Fsp3) is 0.526. The van der Waals surface area contributed by atoms with Gasteiger partial charge in [-0.3, -0.25) is 0 Å². The molecule has 0 saturated heterocycles. The van der Waals surface area contributed by atoms with Crippen molar-refractivity contribution in [3.63, 3.8) is 0 Å². The highest BCUT2D eigenvalue weighted by Crippen LogP contribution is 2.65. The van der Waals surface area contributed by atoms with Crippen molar-refractivity contribution in [2.75, 3.05) is 25.9 Å². The lowest BCUT2D eigenvalue weighted by Crippen LogP contribution is -2.47. The summed E-state index contributed by atoms with van der Waals surface area (Å²) in [4.78, 5) is 2.36. The zero-order valence-electron chi connectivity index (χ0n) is 26.4. The minimum atomic E-state index is -4.28. The lowest BCUT2D eigenvalue weighted by molar-refractivity contribution is -0.137. The summed E-state index contributed by atoms with van der Waals surface area (Å²) in [6.07, 6.45) is 2.65. The maximum atomic E-state index is 12.8. The standard InChI is InChI=1S/C38H46F3NO2S/c1-37-23-33(36-31-15-13-30(43)22-28(31)10-14-32(36)34(37)16-17-35(37)44)27-8-4-25(5-9-27)18-20-42(2)19-3-21-45-24-26-6-11-29(12-7-26)38(39,40)41/h4-9,11-13,15,22,32-36,43-44H,3,10,14,16-21,23-24H2,1-2H3/t32?,33-,34?,35?,36?,37?/m1/s1. The highest BCUT2D eigenvalue weighted by Gasteiger charge is 2.57. The van der Waals surface area contributed by atoms with Crippen LogP contribution >= 0.6 is 11.8 Å². The molecule has 242 valence electrons. The first-order valence-corrected chi connectivity index (χ1v) is 17.7. The Morgan fingerprint density at radius 3 is 2.40 bits per heavy atom. The molecule has 0 amide bonds. The van der Waals surface area contributed by atoms with Crippen LogP contribution in [0.5, 0.6) is 5.75 Å². The van der Waals surface area contributed by atoms with E-state index in [2.05, 4.69) is 49.2 Å². The first kappa shape index (κ1) is 32.5. The number of aryl methyl sites for hydroxylation is 1. The Kier molecular flexibility index (Phi) is 9.61. The maximum Gasteiger partial charge on any atom is 0.416 e. The predicted octanol–water partition coefficient (Wildman–Crippen LogP) is 8.82. The molecule has 3 aliphatic rings. The number of aliphatic hydroxyl groups excluding tert-OH is 1. The molecule has 0 heterocycles. The Hall–Kier alpha value is -2.48. The summed E-state index contributed by atoms with van der Waals surface area (Å²) in [5.74, 6) is 3.94. The van der Waals surface area contributed by atoms with E-state index >= 15 is 0 Å². The predicted molar refractivity (Wildman–Crippen MR) is 177 cm³/mol. The molecule has 5 unspecified atom stereocenters. The molecule has 0 bridgehead atoms. The monoisotopic (exact) mass is 637 g/mol. The van der Waals surface area contributed by atoms with Crippen LogP contribution in [-0.4, -0.2) is 47.1 Å². The van der Waals surface area contributed by atoms with Crippen LogP contribution in [0.25, 0.3) is 0 Å². The number of hydrogen-bond donors (Lipinski definition) is 2. The molecule has 3 aromatic carbocycles.